The zero-order chi connectivity index (χ0) is 20.8. The average molecular weight is 396 g/mol. The first kappa shape index (κ1) is 20.9. The van der Waals surface area contributed by atoms with E-state index in [9.17, 15) is 9.59 Å². The second kappa shape index (κ2) is 9.56. The lowest BCUT2D eigenvalue weighted by Gasteiger charge is -2.35. The van der Waals surface area contributed by atoms with Crippen LogP contribution in [-0.4, -0.2) is 56.1 Å². The van der Waals surface area contributed by atoms with E-state index in [1.54, 1.807) is 12.1 Å². The molecule has 0 unspecified atom stereocenters. The van der Waals surface area contributed by atoms with Crippen molar-refractivity contribution in [1.29, 1.82) is 0 Å². The highest BCUT2D eigenvalue weighted by Gasteiger charge is 2.16. The van der Waals surface area contributed by atoms with Crippen LogP contribution >= 0.6 is 0 Å². The number of likely N-dealkylation sites (N-methyl/N-ethyl adjacent to an activating group) is 1. The molecule has 2 aromatic carbocycles. The van der Waals surface area contributed by atoms with Gasteiger partial charge in [-0.3, -0.25) is 4.79 Å². The Morgan fingerprint density at radius 1 is 0.966 bits per heavy atom. The van der Waals surface area contributed by atoms with Crippen LogP contribution in [0.25, 0.3) is 0 Å². The monoisotopic (exact) mass is 395 g/mol. The molecule has 0 bridgehead atoms. The summed E-state index contributed by atoms with van der Waals surface area (Å²) in [6.45, 7) is 11.0. The van der Waals surface area contributed by atoms with Crippen molar-refractivity contribution in [2.24, 2.45) is 0 Å². The van der Waals surface area contributed by atoms with Gasteiger partial charge in [0.1, 0.15) is 0 Å². The van der Waals surface area contributed by atoms with Gasteiger partial charge in [-0.05, 0) is 56.8 Å². The second-order valence-corrected chi connectivity index (χ2v) is 7.47. The molecule has 1 fully saturated rings. The van der Waals surface area contributed by atoms with E-state index in [1.807, 2.05) is 44.2 Å². The molecule has 6 nitrogen and oxygen atoms in total. The zero-order valence-corrected chi connectivity index (χ0v) is 17.4. The number of anilines is 2. The number of benzene rings is 2. The number of piperazine rings is 1. The van der Waals surface area contributed by atoms with Crippen LogP contribution in [0.4, 0.5) is 11.4 Å². The predicted octanol–water partition coefficient (Wildman–Crippen LogP) is 3.24. The number of nitrogens with zero attached hydrogens (tertiary/aromatic N) is 2. The van der Waals surface area contributed by atoms with Crippen molar-refractivity contribution in [2.75, 3.05) is 49.5 Å². The molecule has 0 radical (unpaired) electrons. The van der Waals surface area contributed by atoms with Crippen LogP contribution < -0.4 is 10.2 Å². The van der Waals surface area contributed by atoms with Gasteiger partial charge in [-0.1, -0.05) is 24.1 Å². The molecule has 1 saturated heterocycles. The van der Waals surface area contributed by atoms with Crippen LogP contribution in [0.3, 0.4) is 0 Å². The maximum absolute atomic E-state index is 12.2. The summed E-state index contributed by atoms with van der Waals surface area (Å²) in [5.41, 5.74) is 4.27. The summed E-state index contributed by atoms with van der Waals surface area (Å²) in [4.78, 5) is 29.1. The Bertz CT molecular complexity index is 836. The number of ether oxygens (including phenoxy) is 1. The van der Waals surface area contributed by atoms with Crippen molar-refractivity contribution in [3.8, 4) is 0 Å². The van der Waals surface area contributed by atoms with Crippen LogP contribution in [0.15, 0.2) is 42.5 Å². The summed E-state index contributed by atoms with van der Waals surface area (Å²) >= 11 is 0. The predicted molar refractivity (Wildman–Crippen MR) is 116 cm³/mol. The van der Waals surface area contributed by atoms with Crippen molar-refractivity contribution in [3.05, 3.63) is 59.2 Å². The topological polar surface area (TPSA) is 61.9 Å². The molecule has 6 heteroatoms. The summed E-state index contributed by atoms with van der Waals surface area (Å²) in [7, 11) is 0. The molecule has 0 atom stereocenters. The highest BCUT2D eigenvalue weighted by Crippen LogP contribution is 2.19. The number of aryl methyl sites for hydroxylation is 2. The van der Waals surface area contributed by atoms with Gasteiger partial charge in [0.15, 0.2) is 6.61 Å². The van der Waals surface area contributed by atoms with E-state index in [2.05, 4.69) is 22.0 Å². The largest absolute Gasteiger partial charge is 0.452 e. The molecule has 2 aromatic rings. The van der Waals surface area contributed by atoms with Crippen molar-refractivity contribution >= 4 is 23.3 Å². The first-order chi connectivity index (χ1) is 13.9. The third-order valence-electron chi connectivity index (χ3n) is 5.13. The Morgan fingerprint density at radius 3 is 2.17 bits per heavy atom. The lowest BCUT2D eigenvalue weighted by molar-refractivity contribution is -0.119. The van der Waals surface area contributed by atoms with Crippen LogP contribution in [0.5, 0.6) is 0 Å². The van der Waals surface area contributed by atoms with E-state index in [4.69, 9.17) is 4.74 Å². The molecular weight excluding hydrogens is 366 g/mol. The Labute approximate surface area is 172 Å². The van der Waals surface area contributed by atoms with Crippen molar-refractivity contribution in [2.45, 2.75) is 20.8 Å². The van der Waals surface area contributed by atoms with E-state index in [0.717, 1.165) is 49.5 Å². The third-order valence-corrected chi connectivity index (χ3v) is 5.13. The minimum atomic E-state index is -0.492. The highest BCUT2D eigenvalue weighted by molar-refractivity contribution is 5.95. The minimum Gasteiger partial charge on any atom is -0.452 e. The molecule has 0 spiro atoms. The highest BCUT2D eigenvalue weighted by atomic mass is 16.5. The molecule has 29 heavy (non-hydrogen) atoms. The number of nitrogens with one attached hydrogen (secondary N) is 1. The molecule has 0 saturated carbocycles. The number of amides is 1. The molecule has 0 aliphatic carbocycles. The van der Waals surface area contributed by atoms with Crippen molar-refractivity contribution in [1.82, 2.24) is 4.90 Å². The van der Waals surface area contributed by atoms with Gasteiger partial charge < -0.3 is 19.9 Å². The van der Waals surface area contributed by atoms with Gasteiger partial charge in [-0.2, -0.15) is 0 Å². The SMILES string of the molecule is CCN1CCN(c2ccc(NC(=O)COC(=O)c3cc(C)cc(C)c3)cc2)CC1. The fourth-order valence-corrected chi connectivity index (χ4v) is 3.58. The number of hydrogen-bond acceptors (Lipinski definition) is 5. The average Bonchev–Trinajstić information content (AvgIpc) is 2.72. The van der Waals surface area contributed by atoms with Crippen LogP contribution in [-0.2, 0) is 9.53 Å². The molecule has 1 amide bonds. The molecular formula is C23H29N3O3. The number of carbonyl (C=O) groups excluding carboxylic acids is 2. The van der Waals surface area contributed by atoms with E-state index in [0.29, 0.717) is 11.3 Å². The normalized spacial score (nSPS) is 14.5. The van der Waals surface area contributed by atoms with Crippen LogP contribution in [0.1, 0.15) is 28.4 Å². The van der Waals surface area contributed by atoms with Gasteiger partial charge in [0.25, 0.3) is 5.91 Å². The zero-order valence-electron chi connectivity index (χ0n) is 17.4. The molecule has 0 aromatic heterocycles. The Balaban J connectivity index is 1.48. The minimum absolute atomic E-state index is 0.313. The van der Waals surface area contributed by atoms with Gasteiger partial charge in [0, 0.05) is 37.6 Å². The van der Waals surface area contributed by atoms with Gasteiger partial charge in [0.2, 0.25) is 0 Å². The first-order valence-electron chi connectivity index (χ1n) is 10.1. The number of rotatable bonds is 6. The third kappa shape index (κ3) is 5.81. The molecule has 154 valence electrons. The van der Waals surface area contributed by atoms with Crippen LogP contribution in [0, 0.1) is 13.8 Å². The van der Waals surface area contributed by atoms with E-state index < -0.39 is 5.97 Å². The molecule has 1 aliphatic heterocycles. The van der Waals surface area contributed by atoms with Crippen molar-refractivity contribution in [3.63, 3.8) is 0 Å². The lowest BCUT2D eigenvalue weighted by Crippen LogP contribution is -2.46. The maximum atomic E-state index is 12.2. The summed E-state index contributed by atoms with van der Waals surface area (Å²) in [6.07, 6.45) is 0. The Hall–Kier alpha value is -2.86. The number of hydrogen-bond donors (Lipinski definition) is 1. The van der Waals surface area contributed by atoms with Gasteiger partial charge in [-0.25, -0.2) is 4.79 Å². The Morgan fingerprint density at radius 2 is 1.59 bits per heavy atom. The molecule has 1 heterocycles. The second-order valence-electron chi connectivity index (χ2n) is 7.47. The smallest absolute Gasteiger partial charge is 0.338 e. The lowest BCUT2D eigenvalue weighted by atomic mass is 10.1. The number of carbonyl (C=O) groups is 2. The summed E-state index contributed by atoms with van der Waals surface area (Å²) in [6, 6.07) is 13.3. The van der Waals surface area contributed by atoms with E-state index in [-0.39, 0.29) is 12.5 Å². The maximum Gasteiger partial charge on any atom is 0.338 e. The fourth-order valence-electron chi connectivity index (χ4n) is 3.58. The first-order valence-corrected chi connectivity index (χ1v) is 10.1. The van der Waals surface area contributed by atoms with Gasteiger partial charge in [-0.15, -0.1) is 0 Å². The fraction of sp³-hybridized carbons (Fsp3) is 0.391. The number of esters is 1. The van der Waals surface area contributed by atoms with Crippen LogP contribution in [0.2, 0.25) is 0 Å². The quantitative estimate of drug-likeness (QED) is 0.761. The summed E-state index contributed by atoms with van der Waals surface area (Å²) < 4.78 is 5.15. The van der Waals surface area contributed by atoms with E-state index in [1.165, 1.54) is 0 Å². The van der Waals surface area contributed by atoms with Crippen molar-refractivity contribution < 1.29 is 14.3 Å². The van der Waals surface area contributed by atoms with E-state index >= 15 is 0 Å². The molecule has 1 aliphatic rings. The Kier molecular flexibility index (Phi) is 6.88. The molecule has 1 N–H and O–H groups in total. The summed E-state index contributed by atoms with van der Waals surface area (Å²) in [5, 5.41) is 2.77. The standard InChI is InChI=1S/C23H29N3O3/c1-4-25-9-11-26(12-10-25)21-7-5-20(6-8-21)24-22(27)16-29-23(28)19-14-17(2)13-18(3)15-19/h5-8,13-15H,4,9-12,16H2,1-3H3,(H,24,27). The summed E-state index contributed by atoms with van der Waals surface area (Å²) in [5.74, 6) is -0.847. The molecule has 3 rings (SSSR count). The van der Waals surface area contributed by atoms with Gasteiger partial charge >= 0.3 is 5.97 Å². The van der Waals surface area contributed by atoms with Gasteiger partial charge in [0.05, 0.1) is 5.56 Å².